The maximum Gasteiger partial charge on any atom is 0.313 e. The highest BCUT2D eigenvalue weighted by molar-refractivity contribution is 6.33. The molecule has 0 radical (unpaired) electrons. The first kappa shape index (κ1) is 21.0. The Morgan fingerprint density at radius 1 is 1.15 bits per heavy atom. The first-order chi connectivity index (χ1) is 16.1. The Labute approximate surface area is 195 Å². The Balaban J connectivity index is 1.54. The number of benzene rings is 2. The van der Waals surface area contributed by atoms with Crippen LogP contribution in [-0.4, -0.2) is 28.9 Å². The van der Waals surface area contributed by atoms with Crippen LogP contribution in [0, 0.1) is 6.92 Å². The lowest BCUT2D eigenvalue weighted by Crippen LogP contribution is -2.27. The summed E-state index contributed by atoms with van der Waals surface area (Å²) < 4.78 is 16.4. The van der Waals surface area contributed by atoms with Crippen molar-refractivity contribution >= 4 is 23.2 Å². The van der Waals surface area contributed by atoms with Crippen LogP contribution in [-0.2, 0) is 0 Å². The minimum atomic E-state index is -0.396. The van der Waals surface area contributed by atoms with Gasteiger partial charge >= 0.3 is 5.91 Å². The van der Waals surface area contributed by atoms with Crippen LogP contribution in [0.25, 0.3) is 11.3 Å². The van der Waals surface area contributed by atoms with Gasteiger partial charge in [0.15, 0.2) is 0 Å². The molecule has 7 nitrogen and oxygen atoms in total. The zero-order valence-corrected chi connectivity index (χ0v) is 18.7. The Kier molecular flexibility index (Phi) is 5.48. The van der Waals surface area contributed by atoms with Crippen LogP contribution in [0.3, 0.4) is 0 Å². The van der Waals surface area contributed by atoms with Gasteiger partial charge in [0.1, 0.15) is 22.9 Å². The average Bonchev–Trinajstić information content (AvgIpc) is 3.59. The van der Waals surface area contributed by atoms with E-state index in [-0.39, 0.29) is 11.8 Å². The van der Waals surface area contributed by atoms with E-state index < -0.39 is 5.91 Å². The van der Waals surface area contributed by atoms with Gasteiger partial charge in [0, 0.05) is 17.5 Å². The number of carbonyl (C=O) groups is 1. The first-order valence-electron chi connectivity index (χ1n) is 10.4. The molecule has 0 unspecified atom stereocenters. The minimum Gasteiger partial charge on any atom is -0.497 e. The quantitative estimate of drug-likeness (QED) is 0.369. The molecule has 0 fully saturated rings. The molecule has 1 amide bonds. The Hall–Kier alpha value is -3.84. The molecule has 1 aliphatic rings. The van der Waals surface area contributed by atoms with Crippen LogP contribution in [0.1, 0.15) is 39.9 Å². The van der Waals surface area contributed by atoms with Crippen molar-refractivity contribution in [2.75, 3.05) is 7.11 Å². The number of hydrogen-bond donors (Lipinski definition) is 0. The van der Waals surface area contributed by atoms with Crippen LogP contribution in [0.2, 0.25) is 5.02 Å². The molecule has 4 aromatic rings. The molecule has 8 heteroatoms. The summed E-state index contributed by atoms with van der Waals surface area (Å²) in [7, 11) is 1.61. The summed E-state index contributed by atoms with van der Waals surface area (Å²) in [5.41, 5.74) is 3.38. The number of halogens is 1. The lowest BCUT2D eigenvalue weighted by Gasteiger charge is -2.21. The van der Waals surface area contributed by atoms with Gasteiger partial charge < -0.3 is 13.7 Å². The van der Waals surface area contributed by atoms with Crippen LogP contribution < -0.4 is 4.74 Å². The number of aromatic nitrogens is 1. The Morgan fingerprint density at radius 2 is 2.00 bits per heavy atom. The van der Waals surface area contributed by atoms with Gasteiger partial charge in [-0.2, -0.15) is 5.10 Å². The first-order valence-corrected chi connectivity index (χ1v) is 10.7. The van der Waals surface area contributed by atoms with E-state index in [1.54, 1.807) is 32.4 Å². The summed E-state index contributed by atoms with van der Waals surface area (Å²) in [4.78, 5) is 13.6. The number of rotatable bonds is 5. The maximum atomic E-state index is 13.6. The molecule has 0 bridgehead atoms. The van der Waals surface area contributed by atoms with Crippen molar-refractivity contribution in [3.8, 4) is 17.0 Å². The molecule has 2 aromatic heterocycles. The zero-order chi connectivity index (χ0) is 22.9. The predicted octanol–water partition coefficient (Wildman–Crippen LogP) is 5.90. The van der Waals surface area contributed by atoms with Crippen molar-refractivity contribution < 1.29 is 18.5 Å². The third kappa shape index (κ3) is 3.81. The van der Waals surface area contributed by atoms with E-state index in [4.69, 9.17) is 25.3 Å². The van der Waals surface area contributed by atoms with E-state index in [9.17, 15) is 4.79 Å². The van der Waals surface area contributed by atoms with Crippen molar-refractivity contribution in [1.82, 2.24) is 10.2 Å². The summed E-state index contributed by atoms with van der Waals surface area (Å²) in [5, 5.41) is 10.7. The Morgan fingerprint density at radius 3 is 2.76 bits per heavy atom. The van der Waals surface area contributed by atoms with E-state index >= 15 is 0 Å². The molecule has 5 rings (SSSR count). The molecule has 0 aliphatic carbocycles. The lowest BCUT2D eigenvalue weighted by molar-refractivity contribution is 0.0667. The fourth-order valence-electron chi connectivity index (χ4n) is 3.94. The third-order valence-corrected chi connectivity index (χ3v) is 5.98. The summed E-state index contributed by atoms with van der Waals surface area (Å²) in [6, 6.07) is 18.1. The number of hydrogen-bond acceptors (Lipinski definition) is 6. The van der Waals surface area contributed by atoms with Crippen molar-refractivity contribution in [2.24, 2.45) is 5.10 Å². The van der Waals surface area contributed by atoms with Gasteiger partial charge in [0.05, 0.1) is 24.4 Å². The van der Waals surface area contributed by atoms with Gasteiger partial charge in [-0.15, -0.1) is 0 Å². The topological polar surface area (TPSA) is 81.1 Å². The van der Waals surface area contributed by atoms with Crippen molar-refractivity contribution in [3.63, 3.8) is 0 Å². The van der Waals surface area contributed by atoms with Crippen molar-refractivity contribution in [3.05, 3.63) is 94.6 Å². The van der Waals surface area contributed by atoms with Gasteiger partial charge in [0.2, 0.25) is 5.76 Å². The summed E-state index contributed by atoms with van der Waals surface area (Å²) in [5.74, 6) is 1.03. The number of furan rings is 1. The molecule has 2 aromatic carbocycles. The van der Waals surface area contributed by atoms with Gasteiger partial charge in [-0.3, -0.25) is 4.79 Å². The smallest absolute Gasteiger partial charge is 0.313 e. The molecule has 3 heterocycles. The number of carbonyl (C=O) groups excluding carboxylic acids is 1. The molecule has 1 aliphatic heterocycles. The highest BCUT2D eigenvalue weighted by atomic mass is 35.5. The monoisotopic (exact) mass is 461 g/mol. The number of hydrazone groups is 1. The molecule has 0 saturated heterocycles. The molecular formula is C25H20ClN3O4. The molecule has 166 valence electrons. The average molecular weight is 462 g/mol. The third-order valence-electron chi connectivity index (χ3n) is 5.65. The highest BCUT2D eigenvalue weighted by Crippen LogP contribution is 2.37. The maximum absolute atomic E-state index is 13.6. The largest absolute Gasteiger partial charge is 0.497 e. The second-order valence-corrected chi connectivity index (χ2v) is 8.04. The van der Waals surface area contributed by atoms with Crippen LogP contribution in [0.15, 0.2) is 81.0 Å². The number of methoxy groups -OCH3 is 1. The van der Waals surface area contributed by atoms with E-state index in [0.717, 1.165) is 5.56 Å². The predicted molar refractivity (Wildman–Crippen MR) is 123 cm³/mol. The standard InChI is InChI=1S/C25H20ClN3O4/c1-15-23(18-9-3-4-10-19(18)26)28-33-24(15)25(30)29-21(16-7-5-8-17(13-16)31-2)14-20(27-29)22-11-6-12-32-22/h3-13,21H,14H2,1-2H3/t21-/m0/s1. The minimum absolute atomic E-state index is 0.113. The van der Waals surface area contributed by atoms with Gasteiger partial charge in [-0.25, -0.2) is 5.01 Å². The molecule has 0 spiro atoms. The van der Waals surface area contributed by atoms with E-state index in [1.165, 1.54) is 5.01 Å². The molecule has 0 N–H and O–H groups in total. The molecule has 33 heavy (non-hydrogen) atoms. The fourth-order valence-corrected chi connectivity index (χ4v) is 4.17. The summed E-state index contributed by atoms with van der Waals surface area (Å²) in [6.07, 6.45) is 2.07. The lowest BCUT2D eigenvalue weighted by atomic mass is 10.00. The number of ether oxygens (including phenoxy) is 1. The van der Waals surface area contributed by atoms with Crippen molar-refractivity contribution in [1.29, 1.82) is 0 Å². The molecule has 0 saturated carbocycles. The van der Waals surface area contributed by atoms with Gasteiger partial charge in [-0.05, 0) is 42.8 Å². The second kappa shape index (κ2) is 8.60. The summed E-state index contributed by atoms with van der Waals surface area (Å²) in [6.45, 7) is 1.79. The van der Waals surface area contributed by atoms with Gasteiger partial charge in [0.25, 0.3) is 0 Å². The van der Waals surface area contributed by atoms with Gasteiger partial charge in [-0.1, -0.05) is 47.1 Å². The summed E-state index contributed by atoms with van der Waals surface area (Å²) >= 11 is 6.33. The Bertz CT molecular complexity index is 1340. The zero-order valence-electron chi connectivity index (χ0n) is 18.0. The normalized spacial score (nSPS) is 15.5. The fraction of sp³-hybridized carbons (Fsp3) is 0.160. The molecule has 1 atom stereocenters. The van der Waals surface area contributed by atoms with E-state index in [2.05, 4.69) is 10.3 Å². The molecular weight excluding hydrogens is 442 g/mol. The van der Waals surface area contributed by atoms with Crippen LogP contribution in [0.4, 0.5) is 0 Å². The van der Waals surface area contributed by atoms with E-state index in [1.807, 2.05) is 48.5 Å². The number of nitrogens with zero attached hydrogens (tertiary/aromatic N) is 3. The van der Waals surface area contributed by atoms with E-state index in [0.29, 0.717) is 45.5 Å². The SMILES string of the molecule is COc1cccc([C@@H]2CC(c3ccco3)=NN2C(=O)c2onc(-c3ccccc3Cl)c2C)c1. The van der Waals surface area contributed by atoms with Crippen molar-refractivity contribution in [2.45, 2.75) is 19.4 Å². The second-order valence-electron chi connectivity index (χ2n) is 7.64. The highest BCUT2D eigenvalue weighted by Gasteiger charge is 2.37. The number of amides is 1. The van der Waals surface area contributed by atoms with Crippen LogP contribution in [0.5, 0.6) is 5.75 Å². The van der Waals surface area contributed by atoms with Crippen LogP contribution >= 0.6 is 11.6 Å².